The molecule has 0 radical (unpaired) electrons. The highest BCUT2D eigenvalue weighted by atomic mass is 16.5. The van der Waals surface area contributed by atoms with Crippen LogP contribution in [0.2, 0.25) is 0 Å². The number of rotatable bonds is 7. The quantitative estimate of drug-likeness (QED) is 0.763. The van der Waals surface area contributed by atoms with Crippen molar-refractivity contribution in [2.45, 2.75) is 45.8 Å². The Kier molecular flexibility index (Phi) is 5.42. The van der Waals surface area contributed by atoms with E-state index in [2.05, 4.69) is 36.2 Å². The van der Waals surface area contributed by atoms with E-state index in [0.29, 0.717) is 12.1 Å². The van der Waals surface area contributed by atoms with Crippen LogP contribution in [0.25, 0.3) is 0 Å². The molecule has 1 rings (SSSR count). The molecule has 92 valence electrons. The molecule has 0 bridgehead atoms. The molecule has 5 heteroatoms. The van der Waals surface area contributed by atoms with Gasteiger partial charge in [-0.2, -0.15) is 5.10 Å². The van der Waals surface area contributed by atoms with Crippen molar-refractivity contribution in [1.82, 2.24) is 20.1 Å². The topological polar surface area (TPSA) is 52.0 Å². The molecule has 1 unspecified atom stereocenters. The van der Waals surface area contributed by atoms with Gasteiger partial charge < -0.3 is 10.1 Å². The van der Waals surface area contributed by atoms with Crippen LogP contribution in [-0.2, 0) is 11.3 Å². The summed E-state index contributed by atoms with van der Waals surface area (Å²) in [5.74, 6) is 0.845. The maximum Gasteiger partial charge on any atom is 0.164 e. The molecule has 0 aliphatic carbocycles. The molecular formula is C11H22N4O. The van der Waals surface area contributed by atoms with Gasteiger partial charge in [-0.25, -0.2) is 9.67 Å². The van der Waals surface area contributed by atoms with E-state index in [-0.39, 0.29) is 0 Å². The van der Waals surface area contributed by atoms with Crippen LogP contribution in [-0.4, -0.2) is 34.5 Å². The number of aromatic nitrogens is 3. The van der Waals surface area contributed by atoms with Crippen LogP contribution < -0.4 is 5.32 Å². The van der Waals surface area contributed by atoms with Crippen LogP contribution in [0.1, 0.15) is 39.1 Å². The maximum atomic E-state index is 5.05. The van der Waals surface area contributed by atoms with E-state index < -0.39 is 0 Å². The molecule has 1 heterocycles. The second-order valence-electron chi connectivity index (χ2n) is 4.31. The zero-order valence-electron chi connectivity index (χ0n) is 10.6. The normalized spacial score (nSPS) is 13.3. The van der Waals surface area contributed by atoms with E-state index in [0.717, 1.165) is 25.4 Å². The molecule has 0 saturated heterocycles. The monoisotopic (exact) mass is 226 g/mol. The molecule has 0 amide bonds. The first kappa shape index (κ1) is 13.1. The van der Waals surface area contributed by atoms with Crippen molar-refractivity contribution < 1.29 is 4.74 Å². The van der Waals surface area contributed by atoms with Gasteiger partial charge in [0.1, 0.15) is 6.33 Å². The van der Waals surface area contributed by atoms with Gasteiger partial charge in [-0.15, -0.1) is 0 Å². The Balaban J connectivity index is 2.43. The van der Waals surface area contributed by atoms with Gasteiger partial charge in [0.25, 0.3) is 0 Å². The second-order valence-corrected chi connectivity index (χ2v) is 4.31. The average Bonchev–Trinajstić information content (AvgIpc) is 2.71. The largest absolute Gasteiger partial charge is 0.385 e. The third kappa shape index (κ3) is 4.28. The van der Waals surface area contributed by atoms with Gasteiger partial charge >= 0.3 is 0 Å². The lowest BCUT2D eigenvalue weighted by Crippen LogP contribution is -2.22. The fourth-order valence-electron chi connectivity index (χ4n) is 1.32. The Morgan fingerprint density at radius 1 is 1.44 bits per heavy atom. The summed E-state index contributed by atoms with van der Waals surface area (Å²) in [5.41, 5.74) is 0. The molecule has 0 aromatic carbocycles. The van der Waals surface area contributed by atoms with Crippen molar-refractivity contribution >= 4 is 0 Å². The van der Waals surface area contributed by atoms with E-state index in [9.17, 15) is 0 Å². The van der Waals surface area contributed by atoms with E-state index >= 15 is 0 Å². The molecule has 16 heavy (non-hydrogen) atoms. The molecule has 0 aliphatic rings. The van der Waals surface area contributed by atoms with Crippen molar-refractivity contribution in [2.24, 2.45) is 0 Å². The van der Waals surface area contributed by atoms with Crippen molar-refractivity contribution in [3.05, 3.63) is 12.2 Å². The van der Waals surface area contributed by atoms with Gasteiger partial charge in [0, 0.05) is 19.8 Å². The van der Waals surface area contributed by atoms with E-state index in [1.54, 1.807) is 13.4 Å². The minimum absolute atomic E-state index is 0.334. The number of hydrogen-bond acceptors (Lipinski definition) is 4. The minimum atomic E-state index is 0.334. The fraction of sp³-hybridized carbons (Fsp3) is 0.818. The summed E-state index contributed by atoms with van der Waals surface area (Å²) in [6.07, 6.45) is 2.74. The number of nitrogens with zero attached hydrogens (tertiary/aromatic N) is 3. The first-order valence-corrected chi connectivity index (χ1v) is 5.75. The molecule has 0 spiro atoms. The maximum absolute atomic E-state index is 5.05. The lowest BCUT2D eigenvalue weighted by atomic mass is 10.2. The number of methoxy groups -OCH3 is 1. The van der Waals surface area contributed by atoms with E-state index in [1.165, 1.54) is 0 Å². The Morgan fingerprint density at radius 3 is 2.81 bits per heavy atom. The van der Waals surface area contributed by atoms with E-state index in [1.807, 2.05) is 4.68 Å². The molecule has 0 fully saturated rings. The van der Waals surface area contributed by atoms with Crippen LogP contribution >= 0.6 is 0 Å². The van der Waals surface area contributed by atoms with Crippen molar-refractivity contribution in [2.75, 3.05) is 13.7 Å². The summed E-state index contributed by atoms with van der Waals surface area (Å²) in [5, 5.41) is 7.72. The van der Waals surface area contributed by atoms with Gasteiger partial charge in [0.2, 0.25) is 0 Å². The van der Waals surface area contributed by atoms with E-state index in [4.69, 9.17) is 4.74 Å². The predicted molar refractivity (Wildman–Crippen MR) is 63.2 cm³/mol. The predicted octanol–water partition coefficient (Wildman–Crippen LogP) is 1.37. The Labute approximate surface area is 97.2 Å². The van der Waals surface area contributed by atoms with Gasteiger partial charge in [-0.05, 0) is 13.3 Å². The third-order valence-electron chi connectivity index (χ3n) is 2.42. The van der Waals surface area contributed by atoms with Gasteiger partial charge in [0.05, 0.1) is 12.6 Å². The van der Waals surface area contributed by atoms with Gasteiger partial charge in [-0.1, -0.05) is 13.8 Å². The molecule has 1 aromatic heterocycles. The zero-order chi connectivity index (χ0) is 12.0. The lowest BCUT2D eigenvalue weighted by molar-refractivity contribution is 0.178. The summed E-state index contributed by atoms with van der Waals surface area (Å²) in [4.78, 5) is 4.27. The van der Waals surface area contributed by atoms with Crippen LogP contribution in [0.5, 0.6) is 0 Å². The van der Waals surface area contributed by atoms with Gasteiger partial charge in [-0.3, -0.25) is 0 Å². The molecule has 0 aliphatic heterocycles. The van der Waals surface area contributed by atoms with Crippen LogP contribution in [0.15, 0.2) is 6.33 Å². The number of hydrogen-bond donors (Lipinski definition) is 1. The summed E-state index contributed by atoms with van der Waals surface area (Å²) < 4.78 is 6.95. The first-order chi connectivity index (χ1) is 7.63. The number of nitrogens with one attached hydrogen (secondary N) is 1. The second kappa shape index (κ2) is 6.60. The third-order valence-corrected chi connectivity index (χ3v) is 2.42. The average molecular weight is 226 g/mol. The highest BCUT2D eigenvalue weighted by Crippen LogP contribution is 2.08. The van der Waals surface area contributed by atoms with Crippen LogP contribution in [0.3, 0.4) is 0 Å². The lowest BCUT2D eigenvalue weighted by Gasteiger charge is -2.10. The number of ether oxygens (including phenoxy) is 1. The summed E-state index contributed by atoms with van der Waals surface area (Å²) in [6.45, 7) is 7.81. The van der Waals surface area contributed by atoms with Crippen molar-refractivity contribution in [1.29, 1.82) is 0 Å². The smallest absolute Gasteiger partial charge is 0.164 e. The Morgan fingerprint density at radius 2 is 2.19 bits per heavy atom. The van der Waals surface area contributed by atoms with Crippen LogP contribution in [0.4, 0.5) is 0 Å². The molecule has 5 nitrogen and oxygen atoms in total. The Bertz CT molecular complexity index is 298. The summed E-state index contributed by atoms with van der Waals surface area (Å²) in [6, 6.07) is 0.790. The highest BCUT2D eigenvalue weighted by molar-refractivity contribution is 4.82. The fourth-order valence-corrected chi connectivity index (χ4v) is 1.32. The standard InChI is InChI=1S/C11H22N4O/c1-9(2)12-7-11-13-8-15(14-11)10(3)5-6-16-4/h8-10,12H,5-7H2,1-4H3. The summed E-state index contributed by atoms with van der Waals surface area (Å²) >= 11 is 0. The SMILES string of the molecule is COCCC(C)n1cnc(CNC(C)C)n1. The molecule has 1 aromatic rings. The molecule has 0 saturated carbocycles. The van der Waals surface area contributed by atoms with Gasteiger partial charge in [0.15, 0.2) is 5.82 Å². The van der Waals surface area contributed by atoms with Crippen molar-refractivity contribution in [3.63, 3.8) is 0 Å². The zero-order valence-corrected chi connectivity index (χ0v) is 10.6. The first-order valence-electron chi connectivity index (χ1n) is 5.75. The molecule has 1 N–H and O–H groups in total. The van der Waals surface area contributed by atoms with Crippen LogP contribution in [0, 0.1) is 0 Å². The Hall–Kier alpha value is -0.940. The summed E-state index contributed by atoms with van der Waals surface area (Å²) in [7, 11) is 1.71. The molecule has 1 atom stereocenters. The highest BCUT2D eigenvalue weighted by Gasteiger charge is 2.07. The molecular weight excluding hydrogens is 204 g/mol. The minimum Gasteiger partial charge on any atom is -0.385 e. The van der Waals surface area contributed by atoms with Crippen molar-refractivity contribution in [3.8, 4) is 0 Å².